The van der Waals surface area contributed by atoms with Crippen LogP contribution in [0.15, 0.2) is 72.2 Å². The predicted octanol–water partition coefficient (Wildman–Crippen LogP) is 4.80. The van der Waals surface area contributed by atoms with Crippen LogP contribution in [0, 0.1) is 5.82 Å². The first-order valence-corrected chi connectivity index (χ1v) is 8.00. The van der Waals surface area contributed by atoms with Gasteiger partial charge in [0.15, 0.2) is 0 Å². The lowest BCUT2D eigenvalue weighted by atomic mass is 10.1. The van der Waals surface area contributed by atoms with E-state index in [-0.39, 0.29) is 5.82 Å². The summed E-state index contributed by atoms with van der Waals surface area (Å²) in [6.07, 6.45) is 1.77. The molecule has 0 bridgehead atoms. The molecule has 0 N–H and O–H groups in total. The van der Waals surface area contributed by atoms with Gasteiger partial charge in [-0.2, -0.15) is 5.10 Å². The Kier molecular flexibility index (Phi) is 3.48. The summed E-state index contributed by atoms with van der Waals surface area (Å²) in [6.45, 7) is 0. The van der Waals surface area contributed by atoms with E-state index in [9.17, 15) is 4.39 Å². The molecule has 0 saturated heterocycles. The van der Waals surface area contributed by atoms with E-state index in [2.05, 4.69) is 10.1 Å². The molecule has 2 aromatic carbocycles. The summed E-state index contributed by atoms with van der Waals surface area (Å²) in [4.78, 5) is 4.64. The van der Waals surface area contributed by atoms with Gasteiger partial charge in [0.2, 0.25) is 5.13 Å². The molecule has 3 nitrogen and oxygen atoms in total. The fourth-order valence-corrected chi connectivity index (χ4v) is 3.20. The molecule has 0 spiro atoms. The van der Waals surface area contributed by atoms with Crippen LogP contribution < -0.4 is 0 Å². The first-order valence-electron chi connectivity index (χ1n) is 7.12. The van der Waals surface area contributed by atoms with Crippen LogP contribution >= 0.6 is 11.3 Å². The third kappa shape index (κ3) is 2.66. The Hall–Kier alpha value is -2.79. The minimum atomic E-state index is -0.248. The Morgan fingerprint density at radius 2 is 1.65 bits per heavy atom. The van der Waals surface area contributed by atoms with E-state index in [1.165, 1.54) is 23.5 Å². The molecule has 2 heterocycles. The number of hydrogen-bond donors (Lipinski definition) is 0. The lowest BCUT2D eigenvalue weighted by molar-refractivity contribution is 0.628. The molecule has 23 heavy (non-hydrogen) atoms. The number of nitrogens with zero attached hydrogens (tertiary/aromatic N) is 3. The zero-order valence-electron chi connectivity index (χ0n) is 12.1. The highest BCUT2D eigenvalue weighted by Crippen LogP contribution is 2.27. The molecule has 4 aromatic rings. The van der Waals surface area contributed by atoms with Crippen molar-refractivity contribution in [3.63, 3.8) is 0 Å². The van der Waals surface area contributed by atoms with E-state index >= 15 is 0 Å². The van der Waals surface area contributed by atoms with Crippen LogP contribution in [0.3, 0.4) is 0 Å². The minimum Gasteiger partial charge on any atom is -0.218 e. The van der Waals surface area contributed by atoms with Crippen LogP contribution in [0.25, 0.3) is 27.6 Å². The highest BCUT2D eigenvalue weighted by Gasteiger charge is 2.11. The van der Waals surface area contributed by atoms with Crippen molar-refractivity contribution in [3.05, 3.63) is 78.1 Å². The quantitative estimate of drug-likeness (QED) is 0.542. The summed E-state index contributed by atoms with van der Waals surface area (Å²) >= 11 is 1.51. The second kappa shape index (κ2) is 5.78. The summed E-state index contributed by atoms with van der Waals surface area (Å²) < 4.78 is 14.9. The third-order valence-corrected chi connectivity index (χ3v) is 4.34. The molecule has 112 valence electrons. The second-order valence-corrected chi connectivity index (χ2v) is 5.85. The van der Waals surface area contributed by atoms with Gasteiger partial charge in [-0.25, -0.2) is 14.1 Å². The van der Waals surface area contributed by atoms with Gasteiger partial charge in [0.1, 0.15) is 5.82 Å². The Morgan fingerprint density at radius 3 is 2.43 bits per heavy atom. The van der Waals surface area contributed by atoms with E-state index in [1.807, 2.05) is 46.5 Å². The largest absolute Gasteiger partial charge is 0.218 e. The standard InChI is InChI=1S/C18H12FN3S/c19-15-8-6-13(7-9-15)16-12-23-18(21-16)22-17(10-11-20-22)14-4-2-1-3-5-14/h1-12H. The lowest BCUT2D eigenvalue weighted by Crippen LogP contribution is -1.98. The molecule has 0 radical (unpaired) electrons. The minimum absolute atomic E-state index is 0.248. The molecule has 0 saturated carbocycles. The molecule has 0 atom stereocenters. The molecule has 5 heteroatoms. The van der Waals surface area contributed by atoms with Crippen molar-refractivity contribution < 1.29 is 4.39 Å². The van der Waals surface area contributed by atoms with Crippen LogP contribution in [0.5, 0.6) is 0 Å². The van der Waals surface area contributed by atoms with Gasteiger partial charge in [0.25, 0.3) is 0 Å². The molecule has 4 rings (SSSR count). The highest BCUT2D eigenvalue weighted by molar-refractivity contribution is 7.12. The van der Waals surface area contributed by atoms with Gasteiger partial charge in [-0.1, -0.05) is 30.3 Å². The SMILES string of the molecule is Fc1ccc(-c2csc(-n3nccc3-c3ccccc3)n2)cc1. The number of halogens is 1. The zero-order chi connectivity index (χ0) is 15.6. The first-order chi connectivity index (χ1) is 11.3. The lowest BCUT2D eigenvalue weighted by Gasteiger charge is -2.03. The summed E-state index contributed by atoms with van der Waals surface area (Å²) in [5.74, 6) is -0.248. The molecule has 0 amide bonds. The molecule has 0 unspecified atom stereocenters. The molecule has 0 fully saturated rings. The van der Waals surface area contributed by atoms with Crippen LogP contribution in [-0.4, -0.2) is 14.8 Å². The van der Waals surface area contributed by atoms with E-state index in [0.717, 1.165) is 27.6 Å². The molecular weight excluding hydrogens is 309 g/mol. The van der Waals surface area contributed by atoms with Gasteiger partial charge in [-0.3, -0.25) is 0 Å². The van der Waals surface area contributed by atoms with E-state index in [1.54, 1.807) is 18.3 Å². The zero-order valence-corrected chi connectivity index (χ0v) is 12.9. The van der Waals surface area contributed by atoms with Crippen LogP contribution in [-0.2, 0) is 0 Å². The van der Waals surface area contributed by atoms with Crippen LogP contribution in [0.1, 0.15) is 0 Å². The average Bonchev–Trinajstić information content (AvgIpc) is 3.25. The predicted molar refractivity (Wildman–Crippen MR) is 90.1 cm³/mol. The summed E-state index contributed by atoms with van der Waals surface area (Å²) in [5.41, 5.74) is 3.79. The Bertz CT molecular complexity index is 926. The van der Waals surface area contributed by atoms with Crippen molar-refractivity contribution in [2.45, 2.75) is 0 Å². The molecule has 0 aliphatic heterocycles. The molecule has 2 aromatic heterocycles. The van der Waals surface area contributed by atoms with Gasteiger partial charge in [-0.15, -0.1) is 11.3 Å². The van der Waals surface area contributed by atoms with Crippen molar-refractivity contribution in [1.29, 1.82) is 0 Å². The van der Waals surface area contributed by atoms with Gasteiger partial charge >= 0.3 is 0 Å². The average molecular weight is 321 g/mol. The Balaban J connectivity index is 1.73. The van der Waals surface area contributed by atoms with Crippen LogP contribution in [0.4, 0.5) is 4.39 Å². The smallest absolute Gasteiger partial charge is 0.211 e. The maximum absolute atomic E-state index is 13.0. The van der Waals surface area contributed by atoms with E-state index in [0.29, 0.717) is 0 Å². The monoisotopic (exact) mass is 321 g/mol. The molecular formula is C18H12FN3S. The second-order valence-electron chi connectivity index (χ2n) is 5.02. The normalized spacial score (nSPS) is 10.8. The van der Waals surface area contributed by atoms with Gasteiger partial charge in [0, 0.05) is 16.5 Å². The highest BCUT2D eigenvalue weighted by atomic mass is 32.1. The number of hydrogen-bond acceptors (Lipinski definition) is 3. The fraction of sp³-hybridized carbons (Fsp3) is 0. The topological polar surface area (TPSA) is 30.7 Å². The summed E-state index contributed by atoms with van der Waals surface area (Å²) in [7, 11) is 0. The maximum Gasteiger partial charge on any atom is 0.211 e. The molecule has 0 aliphatic rings. The van der Waals surface area contributed by atoms with Gasteiger partial charge in [0.05, 0.1) is 17.6 Å². The fourth-order valence-electron chi connectivity index (χ4n) is 2.40. The molecule has 0 aliphatic carbocycles. The van der Waals surface area contributed by atoms with E-state index < -0.39 is 0 Å². The van der Waals surface area contributed by atoms with Crippen molar-refractivity contribution in [3.8, 4) is 27.6 Å². The summed E-state index contributed by atoms with van der Waals surface area (Å²) in [6, 6.07) is 18.4. The summed E-state index contributed by atoms with van der Waals surface area (Å²) in [5, 5.41) is 7.13. The number of rotatable bonds is 3. The van der Waals surface area contributed by atoms with Crippen molar-refractivity contribution in [2.24, 2.45) is 0 Å². The Labute approximate surface area is 136 Å². The maximum atomic E-state index is 13.0. The number of benzene rings is 2. The number of aromatic nitrogens is 3. The van der Waals surface area contributed by atoms with Gasteiger partial charge in [-0.05, 0) is 30.3 Å². The first kappa shape index (κ1) is 13.8. The van der Waals surface area contributed by atoms with Gasteiger partial charge < -0.3 is 0 Å². The van der Waals surface area contributed by atoms with Crippen molar-refractivity contribution in [2.75, 3.05) is 0 Å². The van der Waals surface area contributed by atoms with Crippen molar-refractivity contribution >= 4 is 11.3 Å². The Morgan fingerprint density at radius 1 is 0.870 bits per heavy atom. The van der Waals surface area contributed by atoms with Crippen molar-refractivity contribution in [1.82, 2.24) is 14.8 Å². The number of thiazole rings is 1. The third-order valence-electron chi connectivity index (χ3n) is 3.53. The van der Waals surface area contributed by atoms with Crippen LogP contribution in [0.2, 0.25) is 0 Å². The van der Waals surface area contributed by atoms with E-state index in [4.69, 9.17) is 0 Å².